The third-order valence-electron chi connectivity index (χ3n) is 3.33. The van der Waals surface area contributed by atoms with Crippen molar-refractivity contribution in [1.82, 2.24) is 9.55 Å². The smallest absolute Gasteiger partial charge is 0.203 e. The molecular weight excluding hydrogens is 226 g/mol. The first-order valence-corrected chi connectivity index (χ1v) is 6.81. The van der Waals surface area contributed by atoms with Crippen LogP contribution in [-0.2, 0) is 11.3 Å². The van der Waals surface area contributed by atoms with Crippen molar-refractivity contribution in [2.75, 3.05) is 25.6 Å². The van der Waals surface area contributed by atoms with E-state index < -0.39 is 0 Å². The molecular formula is C14H27N3O. The predicted octanol–water partition coefficient (Wildman–Crippen LogP) is 2.93. The number of methoxy groups -OCH3 is 1. The van der Waals surface area contributed by atoms with Crippen molar-refractivity contribution >= 4 is 5.95 Å². The van der Waals surface area contributed by atoms with Crippen LogP contribution in [0.4, 0.5) is 5.95 Å². The zero-order valence-electron chi connectivity index (χ0n) is 12.4. The SMILES string of the molecule is COCCCNc1nc(C)cn1CC(C)C(C)C. The van der Waals surface area contributed by atoms with Gasteiger partial charge in [-0.25, -0.2) is 4.98 Å². The largest absolute Gasteiger partial charge is 0.385 e. The first-order chi connectivity index (χ1) is 8.54. The van der Waals surface area contributed by atoms with Crippen molar-refractivity contribution in [2.24, 2.45) is 11.8 Å². The fraction of sp³-hybridized carbons (Fsp3) is 0.786. The summed E-state index contributed by atoms with van der Waals surface area (Å²) in [6, 6.07) is 0. The fourth-order valence-corrected chi connectivity index (χ4v) is 1.76. The van der Waals surface area contributed by atoms with Crippen LogP contribution in [-0.4, -0.2) is 29.8 Å². The summed E-state index contributed by atoms with van der Waals surface area (Å²) >= 11 is 0. The molecule has 1 N–H and O–H groups in total. The molecule has 1 aromatic rings. The average molecular weight is 253 g/mol. The molecule has 18 heavy (non-hydrogen) atoms. The number of nitrogens with zero attached hydrogens (tertiary/aromatic N) is 2. The highest BCUT2D eigenvalue weighted by atomic mass is 16.5. The number of anilines is 1. The van der Waals surface area contributed by atoms with Crippen LogP contribution in [0.5, 0.6) is 0 Å². The number of imidazole rings is 1. The topological polar surface area (TPSA) is 39.1 Å². The van der Waals surface area contributed by atoms with Crippen molar-refractivity contribution in [3.05, 3.63) is 11.9 Å². The summed E-state index contributed by atoms with van der Waals surface area (Å²) < 4.78 is 7.27. The fourth-order valence-electron chi connectivity index (χ4n) is 1.76. The van der Waals surface area contributed by atoms with E-state index in [1.54, 1.807) is 7.11 Å². The maximum atomic E-state index is 5.04. The van der Waals surface area contributed by atoms with Gasteiger partial charge in [-0.15, -0.1) is 0 Å². The molecule has 1 atom stereocenters. The molecule has 0 bridgehead atoms. The van der Waals surface area contributed by atoms with E-state index in [1.807, 2.05) is 6.92 Å². The van der Waals surface area contributed by atoms with Gasteiger partial charge in [-0.3, -0.25) is 0 Å². The molecule has 0 aromatic carbocycles. The monoisotopic (exact) mass is 253 g/mol. The second-order valence-electron chi connectivity index (χ2n) is 5.35. The van der Waals surface area contributed by atoms with E-state index in [2.05, 4.69) is 41.8 Å². The van der Waals surface area contributed by atoms with Gasteiger partial charge in [0, 0.05) is 33.0 Å². The summed E-state index contributed by atoms with van der Waals surface area (Å²) in [4.78, 5) is 4.53. The van der Waals surface area contributed by atoms with E-state index in [4.69, 9.17) is 4.74 Å². The van der Waals surface area contributed by atoms with E-state index in [1.165, 1.54) is 0 Å². The Kier molecular flexibility index (Phi) is 6.19. The van der Waals surface area contributed by atoms with Crippen LogP contribution >= 0.6 is 0 Å². The Bertz CT molecular complexity index is 347. The van der Waals surface area contributed by atoms with E-state index in [-0.39, 0.29) is 0 Å². The molecule has 0 aliphatic rings. The number of rotatable bonds is 8. The van der Waals surface area contributed by atoms with Gasteiger partial charge < -0.3 is 14.6 Å². The third-order valence-corrected chi connectivity index (χ3v) is 3.33. The first-order valence-electron chi connectivity index (χ1n) is 6.81. The molecule has 0 spiro atoms. The summed E-state index contributed by atoms with van der Waals surface area (Å²) in [5.41, 5.74) is 1.07. The van der Waals surface area contributed by atoms with Crippen LogP contribution in [0, 0.1) is 18.8 Å². The summed E-state index contributed by atoms with van der Waals surface area (Å²) in [6.07, 6.45) is 3.12. The Hall–Kier alpha value is -1.03. The van der Waals surface area contributed by atoms with Gasteiger partial charge in [0.15, 0.2) is 0 Å². The van der Waals surface area contributed by atoms with Gasteiger partial charge >= 0.3 is 0 Å². The molecule has 1 rings (SSSR count). The van der Waals surface area contributed by atoms with E-state index in [0.717, 1.165) is 37.8 Å². The van der Waals surface area contributed by atoms with Crippen molar-refractivity contribution < 1.29 is 4.74 Å². The average Bonchev–Trinajstić information content (AvgIpc) is 2.65. The Morgan fingerprint density at radius 2 is 2.11 bits per heavy atom. The molecule has 104 valence electrons. The quantitative estimate of drug-likeness (QED) is 0.724. The lowest BCUT2D eigenvalue weighted by Gasteiger charge is -2.18. The lowest BCUT2D eigenvalue weighted by atomic mass is 9.98. The van der Waals surface area contributed by atoms with Crippen molar-refractivity contribution in [3.8, 4) is 0 Å². The second kappa shape index (κ2) is 7.41. The molecule has 0 fully saturated rings. The van der Waals surface area contributed by atoms with Crippen molar-refractivity contribution in [3.63, 3.8) is 0 Å². The van der Waals surface area contributed by atoms with Gasteiger partial charge in [-0.05, 0) is 25.2 Å². The lowest BCUT2D eigenvalue weighted by molar-refractivity contribution is 0.197. The normalized spacial score (nSPS) is 13.0. The van der Waals surface area contributed by atoms with Crippen LogP contribution in [0.3, 0.4) is 0 Å². The van der Waals surface area contributed by atoms with Gasteiger partial charge in [-0.1, -0.05) is 20.8 Å². The van der Waals surface area contributed by atoms with Gasteiger partial charge in [0.2, 0.25) is 5.95 Å². The summed E-state index contributed by atoms with van der Waals surface area (Å²) in [7, 11) is 1.73. The standard InChI is InChI=1S/C14H27N3O/c1-11(2)12(3)9-17-10-13(4)16-14(17)15-7-6-8-18-5/h10-12H,6-9H2,1-5H3,(H,15,16). The highest BCUT2D eigenvalue weighted by Crippen LogP contribution is 2.16. The number of ether oxygens (including phenoxy) is 1. The van der Waals surface area contributed by atoms with E-state index >= 15 is 0 Å². The minimum Gasteiger partial charge on any atom is -0.385 e. The second-order valence-corrected chi connectivity index (χ2v) is 5.35. The number of nitrogens with one attached hydrogen (secondary N) is 1. The molecule has 1 aromatic heterocycles. The molecule has 4 heteroatoms. The highest BCUT2D eigenvalue weighted by Gasteiger charge is 2.11. The molecule has 0 saturated carbocycles. The minimum absolute atomic E-state index is 0.651. The third kappa shape index (κ3) is 4.69. The van der Waals surface area contributed by atoms with Gasteiger partial charge in [0.25, 0.3) is 0 Å². The Balaban J connectivity index is 2.56. The number of aryl methyl sites for hydroxylation is 1. The van der Waals surface area contributed by atoms with Crippen LogP contribution in [0.25, 0.3) is 0 Å². The number of hydrogen-bond donors (Lipinski definition) is 1. The van der Waals surface area contributed by atoms with E-state index in [0.29, 0.717) is 11.8 Å². The lowest BCUT2D eigenvalue weighted by Crippen LogP contribution is -2.16. The molecule has 0 aliphatic carbocycles. The van der Waals surface area contributed by atoms with Crippen LogP contribution < -0.4 is 5.32 Å². The Morgan fingerprint density at radius 1 is 1.39 bits per heavy atom. The van der Waals surface area contributed by atoms with Crippen LogP contribution in [0.15, 0.2) is 6.20 Å². The van der Waals surface area contributed by atoms with Crippen molar-refractivity contribution in [1.29, 1.82) is 0 Å². The summed E-state index contributed by atoms with van der Waals surface area (Å²) in [5.74, 6) is 2.32. The zero-order valence-corrected chi connectivity index (χ0v) is 12.4. The van der Waals surface area contributed by atoms with Crippen LogP contribution in [0.1, 0.15) is 32.9 Å². The molecule has 1 heterocycles. The van der Waals surface area contributed by atoms with Gasteiger partial charge in [-0.2, -0.15) is 0 Å². The molecule has 4 nitrogen and oxygen atoms in total. The van der Waals surface area contributed by atoms with E-state index in [9.17, 15) is 0 Å². The Morgan fingerprint density at radius 3 is 2.72 bits per heavy atom. The van der Waals surface area contributed by atoms with Crippen LogP contribution in [0.2, 0.25) is 0 Å². The molecule has 1 unspecified atom stereocenters. The van der Waals surface area contributed by atoms with Crippen molar-refractivity contribution in [2.45, 2.75) is 40.7 Å². The molecule has 0 amide bonds. The van der Waals surface area contributed by atoms with Gasteiger partial charge in [0.05, 0.1) is 5.69 Å². The Labute approximate surface area is 111 Å². The first kappa shape index (κ1) is 15.0. The number of aromatic nitrogens is 2. The molecule has 0 saturated heterocycles. The maximum absolute atomic E-state index is 5.04. The highest BCUT2D eigenvalue weighted by molar-refractivity contribution is 5.28. The molecule has 0 radical (unpaired) electrons. The number of hydrogen-bond acceptors (Lipinski definition) is 3. The van der Waals surface area contributed by atoms with Gasteiger partial charge in [0.1, 0.15) is 0 Å². The summed E-state index contributed by atoms with van der Waals surface area (Å²) in [6.45, 7) is 11.6. The zero-order chi connectivity index (χ0) is 13.5. The predicted molar refractivity (Wildman–Crippen MR) is 75.9 cm³/mol. The summed E-state index contributed by atoms with van der Waals surface area (Å²) in [5, 5.41) is 3.39. The maximum Gasteiger partial charge on any atom is 0.203 e. The molecule has 0 aliphatic heterocycles. The minimum atomic E-state index is 0.651.